The van der Waals surface area contributed by atoms with E-state index in [0.29, 0.717) is 34.5 Å². The Morgan fingerprint density at radius 1 is 1.11 bits per heavy atom. The van der Waals surface area contributed by atoms with E-state index in [4.69, 9.17) is 32.2 Å². The molecule has 0 radical (unpaired) electrons. The summed E-state index contributed by atoms with van der Waals surface area (Å²) < 4.78 is 11.2. The molecular weight excluding hydrogens is 360 g/mol. The summed E-state index contributed by atoms with van der Waals surface area (Å²) in [4.78, 5) is 0. The monoisotopic (exact) mass is 388 g/mol. The molecule has 5 heteroatoms. The maximum absolute atomic E-state index is 8.09. The Bertz CT molecular complexity index is 847. The first-order valence-corrected chi connectivity index (χ1v) is 9.56. The molecular formula is C22H29ClN2O2. The van der Waals surface area contributed by atoms with Crippen LogP contribution in [0.3, 0.4) is 0 Å². The third-order valence-electron chi connectivity index (χ3n) is 5.15. The molecule has 0 fully saturated rings. The Balaban J connectivity index is 2.81. The Hall–Kier alpha value is -2.20. The molecule has 2 aromatic carbocycles. The summed E-state index contributed by atoms with van der Waals surface area (Å²) >= 11 is 6.74. The van der Waals surface area contributed by atoms with Crippen molar-refractivity contribution < 1.29 is 9.47 Å². The summed E-state index contributed by atoms with van der Waals surface area (Å²) in [6.07, 6.45) is 0.632. The van der Waals surface area contributed by atoms with Gasteiger partial charge in [-0.2, -0.15) is 0 Å². The average molecular weight is 389 g/mol. The normalized spacial score (nSPS) is 12.1. The van der Waals surface area contributed by atoms with Crippen molar-refractivity contribution >= 4 is 23.0 Å². The number of ether oxygens (including phenoxy) is 2. The SMILES string of the molecule is CCC(=N)c1ccc(-c2c(Cl)c(OC)cc(OC)c2C(C)C(C)C)cc1N. The van der Waals surface area contributed by atoms with Crippen molar-refractivity contribution in [2.75, 3.05) is 20.0 Å². The van der Waals surface area contributed by atoms with Crippen LogP contribution >= 0.6 is 11.6 Å². The van der Waals surface area contributed by atoms with E-state index in [9.17, 15) is 0 Å². The Morgan fingerprint density at radius 3 is 2.22 bits per heavy atom. The predicted octanol–water partition coefficient (Wildman–Crippen LogP) is 6.14. The number of hydrogen-bond donors (Lipinski definition) is 2. The van der Waals surface area contributed by atoms with E-state index in [1.54, 1.807) is 14.2 Å². The molecule has 2 rings (SSSR count). The van der Waals surface area contributed by atoms with Crippen molar-refractivity contribution in [1.82, 2.24) is 0 Å². The van der Waals surface area contributed by atoms with Gasteiger partial charge in [0.15, 0.2) is 0 Å². The fraction of sp³-hybridized carbons (Fsp3) is 0.409. The van der Waals surface area contributed by atoms with Crippen molar-refractivity contribution in [3.05, 3.63) is 40.4 Å². The smallest absolute Gasteiger partial charge is 0.141 e. The first-order chi connectivity index (χ1) is 12.8. The van der Waals surface area contributed by atoms with Gasteiger partial charge in [0.05, 0.1) is 19.2 Å². The number of hydrogen-bond acceptors (Lipinski definition) is 4. The summed E-state index contributed by atoms with van der Waals surface area (Å²) in [5.74, 6) is 1.92. The summed E-state index contributed by atoms with van der Waals surface area (Å²) in [6.45, 7) is 8.46. The van der Waals surface area contributed by atoms with E-state index < -0.39 is 0 Å². The molecule has 2 aromatic rings. The first-order valence-electron chi connectivity index (χ1n) is 9.18. The number of methoxy groups -OCH3 is 2. The number of benzene rings is 2. The molecule has 0 aliphatic heterocycles. The Morgan fingerprint density at radius 2 is 1.74 bits per heavy atom. The second-order valence-electron chi connectivity index (χ2n) is 7.05. The average Bonchev–Trinajstić information content (AvgIpc) is 2.66. The lowest BCUT2D eigenvalue weighted by Gasteiger charge is -2.25. The quantitative estimate of drug-likeness (QED) is 0.441. The molecule has 146 valence electrons. The van der Waals surface area contributed by atoms with Crippen molar-refractivity contribution in [3.63, 3.8) is 0 Å². The number of nitrogens with one attached hydrogen (secondary N) is 1. The Kier molecular flexibility index (Phi) is 6.77. The lowest BCUT2D eigenvalue weighted by atomic mass is 9.83. The minimum absolute atomic E-state index is 0.216. The van der Waals surface area contributed by atoms with Gasteiger partial charge in [-0.1, -0.05) is 51.4 Å². The van der Waals surface area contributed by atoms with Gasteiger partial charge >= 0.3 is 0 Å². The first kappa shape index (κ1) is 21.1. The van der Waals surface area contributed by atoms with Gasteiger partial charge < -0.3 is 20.6 Å². The minimum atomic E-state index is 0.216. The molecule has 1 atom stereocenters. The highest BCUT2D eigenvalue weighted by Gasteiger charge is 2.25. The van der Waals surface area contributed by atoms with Crippen LogP contribution in [0, 0.1) is 11.3 Å². The maximum atomic E-state index is 8.09. The molecule has 0 saturated carbocycles. The van der Waals surface area contributed by atoms with Crippen LogP contribution in [0.1, 0.15) is 51.2 Å². The van der Waals surface area contributed by atoms with Gasteiger partial charge in [-0.25, -0.2) is 0 Å². The number of nitrogen functional groups attached to an aromatic ring is 1. The molecule has 0 heterocycles. The second-order valence-corrected chi connectivity index (χ2v) is 7.43. The zero-order chi connectivity index (χ0) is 20.3. The number of nitrogens with two attached hydrogens (primary N) is 1. The molecule has 0 aliphatic rings. The third-order valence-corrected chi connectivity index (χ3v) is 5.52. The number of rotatable bonds is 7. The van der Waals surface area contributed by atoms with Crippen LogP contribution in [-0.2, 0) is 0 Å². The largest absolute Gasteiger partial charge is 0.496 e. The van der Waals surface area contributed by atoms with Crippen molar-refractivity contribution in [2.45, 2.75) is 40.0 Å². The molecule has 1 unspecified atom stereocenters. The van der Waals surface area contributed by atoms with E-state index in [0.717, 1.165) is 28.0 Å². The number of halogens is 1. The standard InChI is InChI=1S/C22H29ClN2O2/c1-7-16(24)15-9-8-14(10-17(15)25)21-20(13(4)12(2)3)18(26-5)11-19(27-6)22(21)23/h8-13,24H,7,25H2,1-6H3. The minimum Gasteiger partial charge on any atom is -0.496 e. The molecule has 0 saturated heterocycles. The lowest BCUT2D eigenvalue weighted by Crippen LogP contribution is -2.08. The predicted molar refractivity (Wildman–Crippen MR) is 115 cm³/mol. The summed E-state index contributed by atoms with van der Waals surface area (Å²) in [6, 6.07) is 7.58. The van der Waals surface area contributed by atoms with Crippen LogP contribution < -0.4 is 15.2 Å². The highest BCUT2D eigenvalue weighted by molar-refractivity contribution is 6.35. The van der Waals surface area contributed by atoms with Gasteiger partial charge in [-0.3, -0.25) is 0 Å². The molecule has 27 heavy (non-hydrogen) atoms. The maximum Gasteiger partial charge on any atom is 0.141 e. The fourth-order valence-electron chi connectivity index (χ4n) is 3.19. The second kappa shape index (κ2) is 8.66. The molecule has 0 aliphatic carbocycles. The topological polar surface area (TPSA) is 68.3 Å². The van der Waals surface area contributed by atoms with E-state index in [1.807, 2.05) is 31.2 Å². The molecule has 0 amide bonds. The highest BCUT2D eigenvalue weighted by atomic mass is 35.5. The van der Waals surface area contributed by atoms with Crippen molar-refractivity contribution in [1.29, 1.82) is 5.41 Å². The van der Waals surface area contributed by atoms with E-state index >= 15 is 0 Å². The molecule has 0 spiro atoms. The number of anilines is 1. The third kappa shape index (κ3) is 4.06. The Labute approximate surface area is 167 Å². The van der Waals surface area contributed by atoms with Gasteiger partial charge in [-0.05, 0) is 29.9 Å². The molecule has 4 nitrogen and oxygen atoms in total. The van der Waals surface area contributed by atoms with E-state index in [2.05, 4.69) is 20.8 Å². The van der Waals surface area contributed by atoms with Gasteiger partial charge in [0.25, 0.3) is 0 Å². The summed E-state index contributed by atoms with van der Waals surface area (Å²) in [7, 11) is 3.25. The highest BCUT2D eigenvalue weighted by Crippen LogP contribution is 2.48. The van der Waals surface area contributed by atoms with Gasteiger partial charge in [0.2, 0.25) is 0 Å². The van der Waals surface area contributed by atoms with Gasteiger partial charge in [-0.15, -0.1) is 0 Å². The van der Waals surface area contributed by atoms with Crippen LogP contribution in [0.5, 0.6) is 11.5 Å². The van der Waals surface area contributed by atoms with E-state index in [-0.39, 0.29) is 5.92 Å². The summed E-state index contributed by atoms with van der Waals surface area (Å²) in [5, 5.41) is 8.63. The van der Waals surface area contributed by atoms with Crippen LogP contribution in [0.15, 0.2) is 24.3 Å². The summed E-state index contributed by atoms with van der Waals surface area (Å²) in [5.41, 5.74) is 10.9. The van der Waals surface area contributed by atoms with Crippen molar-refractivity contribution in [2.24, 2.45) is 5.92 Å². The van der Waals surface area contributed by atoms with Crippen LogP contribution in [0.4, 0.5) is 5.69 Å². The van der Waals surface area contributed by atoms with Crippen LogP contribution in [-0.4, -0.2) is 19.9 Å². The lowest BCUT2D eigenvalue weighted by molar-refractivity contribution is 0.385. The van der Waals surface area contributed by atoms with E-state index in [1.165, 1.54) is 0 Å². The van der Waals surface area contributed by atoms with Gasteiger partial charge in [0.1, 0.15) is 11.5 Å². The van der Waals surface area contributed by atoms with Crippen LogP contribution in [0.2, 0.25) is 5.02 Å². The van der Waals surface area contributed by atoms with Crippen LogP contribution in [0.25, 0.3) is 11.1 Å². The molecule has 0 aromatic heterocycles. The van der Waals surface area contributed by atoms with Crippen molar-refractivity contribution in [3.8, 4) is 22.6 Å². The fourth-order valence-corrected chi connectivity index (χ4v) is 3.54. The molecule has 0 bridgehead atoms. The van der Waals surface area contributed by atoms with Gasteiger partial charge in [0, 0.05) is 34.2 Å². The zero-order valence-corrected chi connectivity index (χ0v) is 17.7. The zero-order valence-electron chi connectivity index (χ0n) is 16.9. The molecule has 3 N–H and O–H groups in total.